The first-order valence-electron chi connectivity index (χ1n) is 8.82. The summed E-state index contributed by atoms with van der Waals surface area (Å²) in [5.74, 6) is 0.989. The number of aromatic nitrogens is 1. The van der Waals surface area contributed by atoms with Crippen molar-refractivity contribution in [2.24, 2.45) is 11.8 Å². The molecule has 2 fully saturated rings. The van der Waals surface area contributed by atoms with Crippen molar-refractivity contribution in [3.63, 3.8) is 0 Å². The normalized spacial score (nSPS) is 25.4. The molecule has 6 nitrogen and oxygen atoms in total. The van der Waals surface area contributed by atoms with Crippen LogP contribution in [0, 0.1) is 11.8 Å². The summed E-state index contributed by atoms with van der Waals surface area (Å²) in [6.45, 7) is 2.31. The molecular weight excluding hydrogens is 304 g/mol. The van der Waals surface area contributed by atoms with Gasteiger partial charge in [0.2, 0.25) is 0 Å². The Balaban J connectivity index is 1.52. The molecule has 0 bridgehead atoms. The molecule has 0 radical (unpaired) electrons. The van der Waals surface area contributed by atoms with Gasteiger partial charge in [0.25, 0.3) is 0 Å². The monoisotopic (exact) mass is 332 g/mol. The third-order valence-corrected chi connectivity index (χ3v) is 5.18. The first kappa shape index (κ1) is 17.2. The molecular formula is C18H28N4O2. The van der Waals surface area contributed by atoms with E-state index in [1.54, 1.807) is 13.3 Å². The molecule has 3 atom stereocenters. The van der Waals surface area contributed by atoms with Gasteiger partial charge in [-0.05, 0) is 56.3 Å². The number of urea groups is 1. The van der Waals surface area contributed by atoms with Gasteiger partial charge in [-0.2, -0.15) is 0 Å². The van der Waals surface area contributed by atoms with E-state index in [-0.39, 0.29) is 12.1 Å². The van der Waals surface area contributed by atoms with Crippen LogP contribution in [0.4, 0.5) is 4.79 Å². The average Bonchev–Trinajstić information content (AvgIpc) is 3.37. The van der Waals surface area contributed by atoms with Gasteiger partial charge in [0.05, 0.1) is 12.6 Å². The Morgan fingerprint density at radius 1 is 1.46 bits per heavy atom. The van der Waals surface area contributed by atoms with Crippen molar-refractivity contribution >= 4 is 6.03 Å². The zero-order valence-corrected chi connectivity index (χ0v) is 14.6. The summed E-state index contributed by atoms with van der Waals surface area (Å²) in [6, 6.07) is 4.47. The Hall–Kier alpha value is -1.66. The van der Waals surface area contributed by atoms with Crippen LogP contribution in [0.1, 0.15) is 30.9 Å². The lowest BCUT2D eigenvalue weighted by molar-refractivity contribution is 0.157. The van der Waals surface area contributed by atoms with Crippen molar-refractivity contribution in [1.29, 1.82) is 0 Å². The Bertz CT molecular complexity index is 535. The van der Waals surface area contributed by atoms with Crippen molar-refractivity contribution in [2.75, 3.05) is 33.9 Å². The number of hydrogen-bond acceptors (Lipinski definition) is 4. The van der Waals surface area contributed by atoms with Gasteiger partial charge >= 0.3 is 6.03 Å². The number of likely N-dealkylation sites (tertiary alicyclic amines) is 1. The summed E-state index contributed by atoms with van der Waals surface area (Å²) in [6.07, 6.45) is 7.18. The smallest absolute Gasteiger partial charge is 0.315 e. The largest absolute Gasteiger partial charge is 0.383 e. The van der Waals surface area contributed by atoms with Gasteiger partial charge in [0, 0.05) is 32.1 Å². The number of hydrogen-bond donors (Lipinski definition) is 2. The number of methoxy groups -OCH3 is 1. The second-order valence-electron chi connectivity index (χ2n) is 7.01. The minimum absolute atomic E-state index is 0.0801. The molecule has 24 heavy (non-hydrogen) atoms. The van der Waals surface area contributed by atoms with Crippen LogP contribution in [0.2, 0.25) is 0 Å². The topological polar surface area (TPSA) is 66.5 Å². The number of rotatable bonds is 7. The fourth-order valence-corrected chi connectivity index (χ4v) is 3.73. The Morgan fingerprint density at radius 2 is 2.29 bits per heavy atom. The molecule has 2 N–H and O–H groups in total. The van der Waals surface area contributed by atoms with Gasteiger partial charge in [0.15, 0.2) is 0 Å². The fourth-order valence-electron chi connectivity index (χ4n) is 3.73. The first-order valence-corrected chi connectivity index (χ1v) is 8.82. The van der Waals surface area contributed by atoms with Crippen LogP contribution in [0.3, 0.4) is 0 Å². The molecule has 2 amide bonds. The first-order chi connectivity index (χ1) is 11.7. The summed E-state index contributed by atoms with van der Waals surface area (Å²) in [5.41, 5.74) is 1.22. The van der Waals surface area contributed by atoms with Crippen LogP contribution in [-0.2, 0) is 4.74 Å². The van der Waals surface area contributed by atoms with E-state index >= 15 is 0 Å². The quantitative estimate of drug-likeness (QED) is 0.799. The van der Waals surface area contributed by atoms with Gasteiger partial charge in [-0.25, -0.2) is 4.79 Å². The number of ether oxygens (including phenoxy) is 1. The summed E-state index contributed by atoms with van der Waals surface area (Å²) in [5, 5.41) is 6.13. The van der Waals surface area contributed by atoms with Crippen LogP contribution in [0.25, 0.3) is 0 Å². The number of amides is 2. The lowest BCUT2D eigenvalue weighted by atomic mass is 9.95. The molecule has 1 aromatic heterocycles. The van der Waals surface area contributed by atoms with E-state index in [0.29, 0.717) is 31.0 Å². The van der Waals surface area contributed by atoms with Crippen LogP contribution in [0.5, 0.6) is 0 Å². The third-order valence-electron chi connectivity index (χ3n) is 5.18. The number of nitrogens with zero attached hydrogens (tertiary/aromatic N) is 2. The molecule has 1 saturated carbocycles. The molecule has 1 aliphatic heterocycles. The second-order valence-corrected chi connectivity index (χ2v) is 7.01. The molecule has 2 aliphatic rings. The van der Waals surface area contributed by atoms with Crippen molar-refractivity contribution in [3.05, 3.63) is 30.1 Å². The number of carbonyl (C=O) groups excluding carboxylic acids is 1. The fraction of sp³-hybridized carbons (Fsp3) is 0.667. The predicted molar refractivity (Wildman–Crippen MR) is 92.6 cm³/mol. The zero-order chi connectivity index (χ0) is 16.9. The molecule has 1 saturated heterocycles. The van der Waals surface area contributed by atoms with Crippen molar-refractivity contribution in [3.8, 4) is 0 Å². The summed E-state index contributed by atoms with van der Waals surface area (Å²) >= 11 is 0. The molecule has 0 aromatic carbocycles. The van der Waals surface area contributed by atoms with Gasteiger partial charge in [0.1, 0.15) is 0 Å². The predicted octanol–water partition coefficient (Wildman–Crippen LogP) is 1.80. The van der Waals surface area contributed by atoms with Crippen molar-refractivity contribution < 1.29 is 9.53 Å². The van der Waals surface area contributed by atoms with Crippen molar-refractivity contribution in [2.45, 2.75) is 31.3 Å². The van der Waals surface area contributed by atoms with Gasteiger partial charge in [-0.15, -0.1) is 0 Å². The molecule has 132 valence electrons. The van der Waals surface area contributed by atoms with Gasteiger partial charge < -0.3 is 15.4 Å². The number of pyridine rings is 1. The number of nitrogens with one attached hydrogen (secondary N) is 2. The van der Waals surface area contributed by atoms with Gasteiger partial charge in [-0.1, -0.05) is 6.07 Å². The van der Waals surface area contributed by atoms with Crippen LogP contribution < -0.4 is 10.6 Å². The highest BCUT2D eigenvalue weighted by Gasteiger charge is 2.34. The lowest BCUT2D eigenvalue weighted by Gasteiger charge is -2.26. The summed E-state index contributed by atoms with van der Waals surface area (Å²) in [4.78, 5) is 18.8. The van der Waals surface area contributed by atoms with E-state index < -0.39 is 0 Å². The van der Waals surface area contributed by atoms with E-state index in [4.69, 9.17) is 4.74 Å². The summed E-state index contributed by atoms with van der Waals surface area (Å²) in [7, 11) is 3.82. The third kappa shape index (κ3) is 4.24. The highest BCUT2D eigenvalue weighted by atomic mass is 16.5. The molecule has 1 aromatic rings. The highest BCUT2D eigenvalue weighted by molar-refractivity contribution is 5.74. The summed E-state index contributed by atoms with van der Waals surface area (Å²) < 4.78 is 5.22. The average molecular weight is 332 g/mol. The molecule has 6 heteroatoms. The highest BCUT2D eigenvalue weighted by Crippen LogP contribution is 2.35. The van der Waals surface area contributed by atoms with Crippen molar-refractivity contribution in [1.82, 2.24) is 20.5 Å². The number of carbonyl (C=O) groups is 1. The lowest BCUT2D eigenvalue weighted by Crippen LogP contribution is -2.46. The SMILES string of the molecule is COC[C@H](NC(=O)NC[C@@H]1CCN(C)[C@H]1c1cccnc1)C1CC1. The van der Waals surface area contributed by atoms with E-state index in [1.807, 2.05) is 12.3 Å². The maximum absolute atomic E-state index is 12.2. The van der Waals surface area contributed by atoms with E-state index in [0.717, 1.165) is 13.0 Å². The minimum Gasteiger partial charge on any atom is -0.383 e. The molecule has 3 rings (SSSR count). The van der Waals surface area contributed by atoms with Crippen LogP contribution in [0.15, 0.2) is 24.5 Å². The van der Waals surface area contributed by atoms with Crippen LogP contribution >= 0.6 is 0 Å². The molecule has 1 aliphatic carbocycles. The standard InChI is InChI=1S/C18H28N4O2/c1-22-9-7-15(17(22)14-4-3-8-19-10-14)11-20-18(23)21-16(12-24-2)13-5-6-13/h3-4,8,10,13,15-17H,5-7,9,11-12H2,1-2H3,(H2,20,21,23)/t15-,16-,17-/m0/s1. The van der Waals surface area contributed by atoms with E-state index in [1.165, 1.54) is 18.4 Å². The Labute approximate surface area is 144 Å². The van der Waals surface area contributed by atoms with Gasteiger partial charge in [-0.3, -0.25) is 9.88 Å². The zero-order valence-electron chi connectivity index (χ0n) is 14.6. The minimum atomic E-state index is -0.0801. The molecule has 0 spiro atoms. The maximum atomic E-state index is 12.2. The Kier molecular flexibility index (Phi) is 5.68. The second kappa shape index (κ2) is 7.94. The molecule has 0 unspecified atom stereocenters. The maximum Gasteiger partial charge on any atom is 0.315 e. The molecule has 2 heterocycles. The van der Waals surface area contributed by atoms with E-state index in [2.05, 4.69) is 33.6 Å². The van der Waals surface area contributed by atoms with E-state index in [9.17, 15) is 4.79 Å². The van der Waals surface area contributed by atoms with Crippen LogP contribution in [-0.4, -0.2) is 55.8 Å². The Morgan fingerprint density at radius 3 is 2.96 bits per heavy atom.